The van der Waals surface area contributed by atoms with Gasteiger partial charge in [-0.2, -0.15) is 0 Å². The number of hydrogen-bond acceptors (Lipinski definition) is 4. The number of rotatable bonds is 11. The lowest BCUT2D eigenvalue weighted by Crippen LogP contribution is -2.52. The standard InChI is InChI=1S/C28H31Cl2N3O4S/c1-4-25(28(35)31-5-2)32(18-21-11-9-10-20(3)16-21)27(34)19-33(26-17-22(29)14-15-24(26)30)38(36,37)23-12-7-6-8-13-23/h6-17,25H,4-5,18-19H2,1-3H3,(H,31,35). The molecule has 10 heteroatoms. The van der Waals surface area contributed by atoms with Crippen LogP contribution in [0.5, 0.6) is 0 Å². The summed E-state index contributed by atoms with van der Waals surface area (Å²) in [7, 11) is -4.22. The molecule has 7 nitrogen and oxygen atoms in total. The lowest BCUT2D eigenvalue weighted by Gasteiger charge is -2.33. The fourth-order valence-electron chi connectivity index (χ4n) is 4.13. The zero-order valence-electron chi connectivity index (χ0n) is 21.5. The number of halogens is 2. The molecule has 1 unspecified atom stereocenters. The van der Waals surface area contributed by atoms with Crippen LogP contribution >= 0.6 is 23.2 Å². The van der Waals surface area contributed by atoms with Gasteiger partial charge in [0.15, 0.2) is 0 Å². The van der Waals surface area contributed by atoms with E-state index < -0.39 is 28.5 Å². The van der Waals surface area contributed by atoms with Crippen molar-refractivity contribution in [2.24, 2.45) is 0 Å². The van der Waals surface area contributed by atoms with Gasteiger partial charge in [0.25, 0.3) is 10.0 Å². The first-order valence-corrected chi connectivity index (χ1v) is 14.4. The van der Waals surface area contributed by atoms with Crippen LogP contribution in [0.2, 0.25) is 10.0 Å². The van der Waals surface area contributed by atoms with E-state index in [0.29, 0.717) is 13.0 Å². The van der Waals surface area contributed by atoms with E-state index in [1.165, 1.54) is 35.2 Å². The number of carbonyl (C=O) groups excluding carboxylic acids is 2. The highest BCUT2D eigenvalue weighted by Crippen LogP contribution is 2.33. The second-order valence-corrected chi connectivity index (χ2v) is 11.5. The third kappa shape index (κ3) is 7.07. The van der Waals surface area contributed by atoms with Crippen LogP contribution in [-0.2, 0) is 26.2 Å². The van der Waals surface area contributed by atoms with E-state index in [0.717, 1.165) is 15.4 Å². The Kier molecular flexibility index (Phi) is 10.2. The van der Waals surface area contributed by atoms with Crippen LogP contribution in [0, 0.1) is 6.92 Å². The summed E-state index contributed by atoms with van der Waals surface area (Å²) in [6.45, 7) is 5.48. The quantitative estimate of drug-likeness (QED) is 0.330. The van der Waals surface area contributed by atoms with Crippen LogP contribution in [0.15, 0.2) is 77.7 Å². The van der Waals surface area contributed by atoms with Gasteiger partial charge in [-0.3, -0.25) is 13.9 Å². The van der Waals surface area contributed by atoms with E-state index in [2.05, 4.69) is 5.32 Å². The van der Waals surface area contributed by atoms with Crippen LogP contribution in [0.25, 0.3) is 0 Å². The van der Waals surface area contributed by atoms with Gasteiger partial charge in [0.1, 0.15) is 12.6 Å². The fourth-order valence-corrected chi connectivity index (χ4v) is 6.01. The molecule has 3 aromatic carbocycles. The number of nitrogens with one attached hydrogen (secondary N) is 1. The molecule has 2 amide bonds. The Hall–Kier alpha value is -3.07. The topological polar surface area (TPSA) is 86.8 Å². The van der Waals surface area contributed by atoms with Gasteiger partial charge in [0.05, 0.1) is 15.6 Å². The first kappa shape index (κ1) is 29.5. The highest BCUT2D eigenvalue weighted by Gasteiger charge is 2.34. The number of carbonyl (C=O) groups is 2. The molecule has 3 aromatic rings. The largest absolute Gasteiger partial charge is 0.355 e. The van der Waals surface area contributed by atoms with E-state index in [4.69, 9.17) is 23.2 Å². The van der Waals surface area contributed by atoms with Gasteiger partial charge in [-0.1, -0.05) is 78.2 Å². The second-order valence-electron chi connectivity index (χ2n) is 8.75. The predicted molar refractivity (Wildman–Crippen MR) is 152 cm³/mol. The number of sulfonamides is 1. The Labute approximate surface area is 234 Å². The summed E-state index contributed by atoms with van der Waals surface area (Å²) in [4.78, 5) is 28.4. The van der Waals surface area contributed by atoms with Gasteiger partial charge in [0.2, 0.25) is 11.8 Å². The molecule has 0 aliphatic carbocycles. The molecule has 0 bridgehead atoms. The zero-order valence-corrected chi connectivity index (χ0v) is 23.9. The Morgan fingerprint density at radius 1 is 0.947 bits per heavy atom. The number of anilines is 1. The lowest BCUT2D eigenvalue weighted by atomic mass is 10.1. The molecule has 0 heterocycles. The summed E-state index contributed by atoms with van der Waals surface area (Å²) in [5, 5.41) is 3.16. The number of hydrogen-bond donors (Lipinski definition) is 1. The minimum absolute atomic E-state index is 0.00940. The van der Waals surface area contributed by atoms with Crippen molar-refractivity contribution in [3.63, 3.8) is 0 Å². The first-order valence-electron chi connectivity index (χ1n) is 12.2. The number of aryl methyl sites for hydroxylation is 1. The number of nitrogens with zero attached hydrogens (tertiary/aromatic N) is 2. The lowest BCUT2D eigenvalue weighted by molar-refractivity contribution is -0.140. The SMILES string of the molecule is CCNC(=O)C(CC)N(Cc1cccc(C)c1)C(=O)CN(c1cc(Cl)ccc1Cl)S(=O)(=O)c1ccccc1. The maximum Gasteiger partial charge on any atom is 0.264 e. The molecule has 0 aliphatic heterocycles. The van der Waals surface area contributed by atoms with E-state index >= 15 is 0 Å². The van der Waals surface area contributed by atoms with Gasteiger partial charge in [-0.25, -0.2) is 8.42 Å². The molecule has 0 radical (unpaired) electrons. The Morgan fingerprint density at radius 3 is 2.29 bits per heavy atom. The van der Waals surface area contributed by atoms with Crippen LogP contribution in [0.4, 0.5) is 5.69 Å². The molecule has 0 spiro atoms. The molecule has 38 heavy (non-hydrogen) atoms. The summed E-state index contributed by atoms with van der Waals surface area (Å²) < 4.78 is 28.6. The van der Waals surface area contributed by atoms with Crippen LogP contribution in [-0.4, -0.2) is 44.3 Å². The third-order valence-electron chi connectivity index (χ3n) is 5.96. The van der Waals surface area contributed by atoms with Crippen LogP contribution in [0.1, 0.15) is 31.4 Å². The van der Waals surface area contributed by atoms with Gasteiger partial charge in [0, 0.05) is 18.1 Å². The van der Waals surface area contributed by atoms with Crippen molar-refractivity contribution in [3.05, 3.63) is 94.0 Å². The van der Waals surface area contributed by atoms with E-state index in [1.807, 2.05) is 38.1 Å². The number of amides is 2. The molecule has 0 fully saturated rings. The second kappa shape index (κ2) is 13.1. The minimum Gasteiger partial charge on any atom is -0.355 e. The van der Waals surface area contributed by atoms with Gasteiger partial charge in [-0.15, -0.1) is 0 Å². The van der Waals surface area contributed by atoms with Crippen molar-refractivity contribution in [2.75, 3.05) is 17.4 Å². The van der Waals surface area contributed by atoms with E-state index in [-0.39, 0.29) is 33.1 Å². The molecule has 0 aromatic heterocycles. The summed E-state index contributed by atoms with van der Waals surface area (Å²) in [5.74, 6) is -0.866. The van der Waals surface area contributed by atoms with Crippen molar-refractivity contribution in [1.82, 2.24) is 10.2 Å². The summed E-state index contributed by atoms with van der Waals surface area (Å²) >= 11 is 12.6. The average Bonchev–Trinajstić information content (AvgIpc) is 2.89. The minimum atomic E-state index is -4.22. The smallest absolute Gasteiger partial charge is 0.264 e. The molecule has 0 saturated heterocycles. The molecule has 202 valence electrons. The monoisotopic (exact) mass is 575 g/mol. The van der Waals surface area contributed by atoms with Crippen molar-refractivity contribution >= 4 is 50.7 Å². The number of likely N-dealkylation sites (N-methyl/N-ethyl adjacent to an activating group) is 1. The van der Waals surface area contributed by atoms with Crippen molar-refractivity contribution in [3.8, 4) is 0 Å². The Bertz CT molecular complexity index is 1380. The van der Waals surface area contributed by atoms with Crippen LogP contribution < -0.4 is 9.62 Å². The molecule has 1 N–H and O–H groups in total. The van der Waals surface area contributed by atoms with Crippen LogP contribution in [0.3, 0.4) is 0 Å². The Morgan fingerprint density at radius 2 is 1.66 bits per heavy atom. The van der Waals surface area contributed by atoms with Crippen molar-refractivity contribution in [1.29, 1.82) is 0 Å². The van der Waals surface area contributed by atoms with E-state index in [9.17, 15) is 18.0 Å². The number of benzene rings is 3. The van der Waals surface area contributed by atoms with Crippen molar-refractivity contribution < 1.29 is 18.0 Å². The van der Waals surface area contributed by atoms with Gasteiger partial charge < -0.3 is 10.2 Å². The van der Waals surface area contributed by atoms with Gasteiger partial charge >= 0.3 is 0 Å². The van der Waals surface area contributed by atoms with Crippen molar-refractivity contribution in [2.45, 2.75) is 44.7 Å². The zero-order chi connectivity index (χ0) is 27.9. The molecular formula is C28H31Cl2N3O4S. The van der Waals surface area contributed by atoms with E-state index in [1.54, 1.807) is 25.1 Å². The summed E-state index contributed by atoms with van der Waals surface area (Å²) in [6.07, 6.45) is 0.340. The highest BCUT2D eigenvalue weighted by atomic mass is 35.5. The highest BCUT2D eigenvalue weighted by molar-refractivity contribution is 7.92. The normalized spacial score (nSPS) is 12.0. The summed E-state index contributed by atoms with van der Waals surface area (Å²) in [5.41, 5.74) is 1.89. The maximum atomic E-state index is 14.0. The molecule has 0 aliphatic rings. The third-order valence-corrected chi connectivity index (χ3v) is 8.29. The molecule has 3 rings (SSSR count). The fraction of sp³-hybridized carbons (Fsp3) is 0.286. The Balaban J connectivity index is 2.09. The average molecular weight is 577 g/mol. The predicted octanol–water partition coefficient (Wildman–Crippen LogP) is 5.44. The maximum absolute atomic E-state index is 14.0. The first-order chi connectivity index (χ1) is 18.1. The summed E-state index contributed by atoms with van der Waals surface area (Å²) in [6, 6.07) is 19.0. The molecule has 1 atom stereocenters. The van der Waals surface area contributed by atoms with Gasteiger partial charge in [-0.05, 0) is 56.2 Å². The molecule has 0 saturated carbocycles. The molecular weight excluding hydrogens is 545 g/mol.